The molecule has 6 rings (SSSR count). The quantitative estimate of drug-likeness (QED) is 0.245. The molecular weight excluding hydrogens is 452 g/mol. The van der Waals surface area contributed by atoms with Crippen LogP contribution in [0.2, 0.25) is 0 Å². The molecule has 0 heterocycles. The summed E-state index contributed by atoms with van der Waals surface area (Å²) in [5.74, 6) is 0. The van der Waals surface area contributed by atoms with E-state index in [1.54, 1.807) is 0 Å². The maximum Gasteiger partial charge on any atom is 0.0726 e. The number of hydrogen-bond acceptors (Lipinski definition) is 0. The molecule has 1 heteroatoms. The smallest absolute Gasteiger partial charge is 0.0696 e. The van der Waals surface area contributed by atoms with Crippen molar-refractivity contribution < 1.29 is 0 Å². The average Bonchev–Trinajstić information content (AvgIpc) is 3.17. The molecule has 0 nitrogen and oxygen atoms in total. The van der Waals surface area contributed by atoms with Gasteiger partial charge in [-0.05, 0) is 57.1 Å². The van der Waals surface area contributed by atoms with Crippen molar-refractivity contribution in [2.45, 2.75) is 5.41 Å². The second-order valence-corrected chi connectivity index (χ2v) is 8.94. The molecule has 0 radical (unpaired) electrons. The van der Waals surface area contributed by atoms with E-state index in [1.807, 2.05) is 6.07 Å². The van der Waals surface area contributed by atoms with Gasteiger partial charge in [-0.15, -0.1) is 0 Å². The molecule has 0 saturated heterocycles. The normalized spacial score (nSPS) is 13.2. The third kappa shape index (κ3) is 2.63. The molecule has 150 valence electrons. The molecule has 0 N–H and O–H groups in total. The van der Waals surface area contributed by atoms with Crippen LogP contribution >= 0.6 is 15.9 Å². The average molecular weight is 471 g/mol. The maximum absolute atomic E-state index is 3.81. The summed E-state index contributed by atoms with van der Waals surface area (Å²) in [7, 11) is 0. The zero-order valence-electron chi connectivity index (χ0n) is 17.3. The Bertz CT molecular complexity index is 1380. The van der Waals surface area contributed by atoms with Crippen molar-refractivity contribution in [3.8, 4) is 22.3 Å². The van der Waals surface area contributed by atoms with Crippen molar-refractivity contribution in [1.82, 2.24) is 0 Å². The SMILES string of the molecule is Brc1ccccc1-c1cccc2c1C(c1ccccc1)(c1ccccc1)c1ccc#cc1-2. The van der Waals surface area contributed by atoms with E-state index in [0.717, 1.165) is 10.0 Å². The van der Waals surface area contributed by atoms with Crippen molar-refractivity contribution in [2.75, 3.05) is 0 Å². The summed E-state index contributed by atoms with van der Waals surface area (Å²) in [6.45, 7) is 0. The van der Waals surface area contributed by atoms with Gasteiger partial charge in [-0.3, -0.25) is 0 Å². The number of halogens is 1. The molecule has 0 aromatic heterocycles. The minimum absolute atomic E-state index is 0.440. The van der Waals surface area contributed by atoms with Crippen LogP contribution in [0.1, 0.15) is 22.3 Å². The van der Waals surface area contributed by atoms with Gasteiger partial charge in [0.15, 0.2) is 0 Å². The molecular formula is C31H19Br. The Hall–Kier alpha value is -3.60. The summed E-state index contributed by atoms with van der Waals surface area (Å²) in [5, 5.41) is 0. The van der Waals surface area contributed by atoms with Gasteiger partial charge >= 0.3 is 0 Å². The largest absolute Gasteiger partial charge is 0.0726 e. The van der Waals surface area contributed by atoms with Gasteiger partial charge in [-0.25, -0.2) is 0 Å². The first-order valence-corrected chi connectivity index (χ1v) is 11.5. The lowest BCUT2D eigenvalue weighted by Crippen LogP contribution is -2.29. The van der Waals surface area contributed by atoms with Gasteiger partial charge in [0.05, 0.1) is 5.41 Å². The summed E-state index contributed by atoms with van der Waals surface area (Å²) in [6, 6.07) is 47.7. The van der Waals surface area contributed by atoms with E-state index >= 15 is 0 Å². The molecule has 0 aliphatic heterocycles. The molecule has 0 amide bonds. The van der Waals surface area contributed by atoms with Crippen molar-refractivity contribution >= 4 is 15.9 Å². The lowest BCUT2D eigenvalue weighted by molar-refractivity contribution is 0.770. The highest BCUT2D eigenvalue weighted by Crippen LogP contribution is 2.58. The monoisotopic (exact) mass is 470 g/mol. The minimum atomic E-state index is -0.440. The predicted molar refractivity (Wildman–Crippen MR) is 135 cm³/mol. The second kappa shape index (κ2) is 7.52. The Morgan fingerprint density at radius 1 is 0.562 bits per heavy atom. The van der Waals surface area contributed by atoms with Crippen LogP contribution in [-0.2, 0) is 5.41 Å². The van der Waals surface area contributed by atoms with Crippen LogP contribution in [0.3, 0.4) is 0 Å². The summed E-state index contributed by atoms with van der Waals surface area (Å²) >= 11 is 3.81. The van der Waals surface area contributed by atoms with E-state index in [2.05, 4.69) is 137 Å². The molecule has 0 atom stereocenters. The Kier molecular flexibility index (Phi) is 4.49. The lowest BCUT2D eigenvalue weighted by atomic mass is 9.66. The van der Waals surface area contributed by atoms with Crippen LogP contribution in [-0.4, -0.2) is 0 Å². The predicted octanol–water partition coefficient (Wildman–Crippen LogP) is 8.08. The van der Waals surface area contributed by atoms with E-state index in [4.69, 9.17) is 0 Å². The first-order valence-electron chi connectivity index (χ1n) is 10.7. The van der Waals surface area contributed by atoms with Gasteiger partial charge in [-0.1, -0.05) is 125 Å². The van der Waals surface area contributed by atoms with Crippen molar-refractivity contribution in [2.24, 2.45) is 0 Å². The molecule has 0 fully saturated rings. The minimum Gasteiger partial charge on any atom is -0.0696 e. The van der Waals surface area contributed by atoms with Crippen molar-refractivity contribution in [3.63, 3.8) is 0 Å². The van der Waals surface area contributed by atoms with Crippen molar-refractivity contribution in [3.05, 3.63) is 154 Å². The van der Waals surface area contributed by atoms with E-state index in [1.165, 1.54) is 38.9 Å². The van der Waals surface area contributed by atoms with Gasteiger partial charge in [-0.2, -0.15) is 0 Å². The second-order valence-electron chi connectivity index (χ2n) is 8.08. The summed E-state index contributed by atoms with van der Waals surface area (Å²) in [5.41, 5.74) is 9.39. The van der Waals surface area contributed by atoms with Crippen LogP contribution in [0.4, 0.5) is 0 Å². The maximum atomic E-state index is 3.81. The van der Waals surface area contributed by atoms with Gasteiger partial charge in [0.1, 0.15) is 0 Å². The number of benzene rings is 4. The molecule has 32 heavy (non-hydrogen) atoms. The molecule has 1 aliphatic rings. The fraction of sp³-hybridized carbons (Fsp3) is 0.0323. The van der Waals surface area contributed by atoms with Gasteiger partial charge in [0.25, 0.3) is 0 Å². The first kappa shape index (κ1) is 19.1. The zero-order valence-corrected chi connectivity index (χ0v) is 18.9. The van der Waals surface area contributed by atoms with Gasteiger partial charge in [0, 0.05) is 10.0 Å². The summed E-state index contributed by atoms with van der Waals surface area (Å²) in [4.78, 5) is 0. The Balaban J connectivity index is 1.83. The molecule has 0 unspecified atom stereocenters. The van der Waals surface area contributed by atoms with Crippen LogP contribution in [0.5, 0.6) is 0 Å². The summed E-state index contributed by atoms with van der Waals surface area (Å²) < 4.78 is 1.09. The van der Waals surface area contributed by atoms with E-state index in [-0.39, 0.29) is 0 Å². The lowest BCUT2D eigenvalue weighted by Gasteiger charge is -2.35. The Labute approximate surface area is 197 Å². The number of fused-ring (bicyclic) bond motifs is 3. The van der Waals surface area contributed by atoms with Gasteiger partial charge in [0.2, 0.25) is 0 Å². The third-order valence-electron chi connectivity index (χ3n) is 6.49. The fourth-order valence-electron chi connectivity index (χ4n) is 5.26. The Morgan fingerprint density at radius 2 is 1.16 bits per heavy atom. The molecule has 1 aliphatic carbocycles. The van der Waals surface area contributed by atoms with Crippen LogP contribution in [0.15, 0.2) is 120 Å². The molecule has 0 saturated carbocycles. The van der Waals surface area contributed by atoms with E-state index in [9.17, 15) is 0 Å². The first-order chi connectivity index (χ1) is 15.8. The standard InChI is InChI=1S/C31H19Br/c32-29-21-10-8-17-25(29)27-19-11-18-26-24-16-7-9-20-28(24)31(30(26)27,22-12-3-1-4-13-22)23-14-5-2-6-15-23/h1-6,8-15,17-21H. The van der Waals surface area contributed by atoms with Crippen LogP contribution in [0, 0.1) is 12.1 Å². The summed E-state index contributed by atoms with van der Waals surface area (Å²) in [6.07, 6.45) is 0. The topological polar surface area (TPSA) is 0 Å². The Morgan fingerprint density at radius 3 is 1.84 bits per heavy atom. The number of hydrogen-bond donors (Lipinski definition) is 0. The number of rotatable bonds is 3. The third-order valence-corrected chi connectivity index (χ3v) is 7.18. The highest BCUT2D eigenvalue weighted by Gasteiger charge is 2.47. The fourth-order valence-corrected chi connectivity index (χ4v) is 5.76. The highest BCUT2D eigenvalue weighted by molar-refractivity contribution is 9.10. The van der Waals surface area contributed by atoms with Crippen LogP contribution in [0.25, 0.3) is 22.3 Å². The van der Waals surface area contributed by atoms with E-state index in [0.29, 0.717) is 0 Å². The molecule has 5 aromatic carbocycles. The molecule has 0 bridgehead atoms. The highest BCUT2D eigenvalue weighted by atomic mass is 79.9. The van der Waals surface area contributed by atoms with Gasteiger partial charge < -0.3 is 0 Å². The molecule has 0 spiro atoms. The van der Waals surface area contributed by atoms with Crippen molar-refractivity contribution in [1.29, 1.82) is 0 Å². The zero-order chi connectivity index (χ0) is 21.5. The molecule has 5 aromatic rings. The van der Waals surface area contributed by atoms with Crippen LogP contribution < -0.4 is 0 Å². The van der Waals surface area contributed by atoms with E-state index < -0.39 is 5.41 Å².